The van der Waals surface area contributed by atoms with Crippen molar-refractivity contribution in [2.45, 2.75) is 64.0 Å². The fourth-order valence-corrected chi connectivity index (χ4v) is 10.8. The number of allylic oxidation sites excluding steroid dienone is 1. The van der Waals surface area contributed by atoms with Gasteiger partial charge in [-0.15, -0.1) is 0 Å². The molecule has 59 heavy (non-hydrogen) atoms. The number of carbonyl (C=O) groups is 3. The second kappa shape index (κ2) is 15.8. The van der Waals surface area contributed by atoms with Crippen molar-refractivity contribution in [3.63, 3.8) is 0 Å². The van der Waals surface area contributed by atoms with E-state index in [4.69, 9.17) is 18.2 Å². The van der Waals surface area contributed by atoms with Crippen molar-refractivity contribution < 1.29 is 18.8 Å². The first-order valence-electron chi connectivity index (χ1n) is 21.2. The van der Waals surface area contributed by atoms with Gasteiger partial charge < -0.3 is 24.9 Å². The van der Waals surface area contributed by atoms with Crippen molar-refractivity contribution in [1.82, 2.24) is 15.1 Å². The first kappa shape index (κ1) is 39.3. The zero-order valence-corrected chi connectivity index (χ0v) is 34.5. The molecule has 5 saturated heterocycles. The molecular weight excluding hydrogens is 767 g/mol. The molecule has 1 N–H and O–H groups in total. The highest BCUT2D eigenvalue weighted by atomic mass is 35.5. The van der Waals surface area contributed by atoms with Gasteiger partial charge in [0, 0.05) is 99.3 Å². The van der Waals surface area contributed by atoms with Gasteiger partial charge in [-0.05, 0) is 112 Å². The van der Waals surface area contributed by atoms with Crippen LogP contribution in [0, 0.1) is 23.7 Å². The number of benzene rings is 3. The lowest BCUT2D eigenvalue weighted by molar-refractivity contribution is -0.125. The van der Waals surface area contributed by atoms with E-state index < -0.39 is 17.9 Å². The monoisotopic (exact) mass is 818 g/mol. The molecule has 1 unspecified atom stereocenters. The van der Waals surface area contributed by atoms with Gasteiger partial charge in [0.15, 0.2) is 0 Å². The number of anilines is 4. The molecule has 2 atom stereocenters. The van der Waals surface area contributed by atoms with E-state index in [0.717, 1.165) is 120 Å². The molecule has 0 radical (unpaired) electrons. The summed E-state index contributed by atoms with van der Waals surface area (Å²) in [6.45, 7) is 22.4. The highest BCUT2D eigenvalue weighted by Gasteiger charge is 2.46. The number of hydrogen-bond acceptors (Lipinski definition) is 8. The van der Waals surface area contributed by atoms with E-state index in [2.05, 4.69) is 54.2 Å². The van der Waals surface area contributed by atoms with Gasteiger partial charge in [0.1, 0.15) is 11.9 Å². The number of nitrogens with zero attached hydrogens (tertiary/aromatic N) is 7. The molecular formula is C46H52ClFN8O3. The third-order valence-electron chi connectivity index (χ3n) is 14.0. The van der Waals surface area contributed by atoms with E-state index in [1.165, 1.54) is 0 Å². The molecule has 0 bridgehead atoms. The second-order valence-electron chi connectivity index (χ2n) is 17.6. The van der Waals surface area contributed by atoms with Gasteiger partial charge in [-0.25, -0.2) is 9.24 Å². The Hall–Kier alpha value is -5.12. The summed E-state index contributed by atoms with van der Waals surface area (Å²) in [6.07, 6.45) is 6.13. The van der Waals surface area contributed by atoms with Crippen LogP contribution in [0.25, 0.3) is 4.85 Å². The van der Waals surface area contributed by atoms with Crippen LogP contribution >= 0.6 is 11.6 Å². The summed E-state index contributed by atoms with van der Waals surface area (Å²) in [4.78, 5) is 55.6. The molecule has 11 nitrogen and oxygen atoms in total. The maximum Gasteiger partial charge on any atom is 0.262 e. The predicted octanol–water partition coefficient (Wildman–Crippen LogP) is 7.34. The molecule has 6 heterocycles. The zero-order chi connectivity index (χ0) is 41.0. The molecule has 3 aromatic carbocycles. The SMILES string of the molecule is [C-]#[N+]c1ccc(N2CC3(CCN(c4ccc(N5CCN(CC6CCN(c7ccc8c(c7)C(=O)N(C7CCC(=C)NC7=O)C8=O)CC6)CC5)cc4F)CC3)C[C@@H]2C)cc1Cl. The van der Waals surface area contributed by atoms with Crippen LogP contribution in [0.1, 0.15) is 72.6 Å². The number of carbonyl (C=O) groups excluding carboxylic acids is 3. The minimum absolute atomic E-state index is 0.150. The molecule has 3 amide bonds. The Bertz CT molecular complexity index is 2220. The van der Waals surface area contributed by atoms with Crippen LogP contribution in [0.4, 0.5) is 32.8 Å². The Labute approximate surface area is 351 Å². The third kappa shape index (κ3) is 7.52. The van der Waals surface area contributed by atoms with Gasteiger partial charge in [0.05, 0.1) is 23.4 Å². The number of imide groups is 1. The summed E-state index contributed by atoms with van der Waals surface area (Å²) >= 11 is 6.39. The molecule has 6 aliphatic heterocycles. The van der Waals surface area contributed by atoms with Gasteiger partial charge in [-0.3, -0.25) is 24.2 Å². The number of rotatable bonds is 7. The normalized spacial score (nSPS) is 23.9. The molecule has 0 aliphatic carbocycles. The lowest BCUT2D eigenvalue weighted by Crippen LogP contribution is -2.51. The fraction of sp³-hybridized carbons (Fsp3) is 0.478. The molecule has 13 heteroatoms. The third-order valence-corrected chi connectivity index (χ3v) is 14.3. The molecule has 0 saturated carbocycles. The first-order chi connectivity index (χ1) is 28.5. The van der Waals surface area contributed by atoms with Crippen molar-refractivity contribution in [3.05, 3.63) is 100 Å². The lowest BCUT2D eigenvalue weighted by atomic mass is 9.76. The van der Waals surface area contributed by atoms with Gasteiger partial charge in [-0.1, -0.05) is 24.2 Å². The largest absolute Gasteiger partial charge is 0.371 e. The highest BCUT2D eigenvalue weighted by Crippen LogP contribution is 2.47. The van der Waals surface area contributed by atoms with Gasteiger partial charge in [-0.2, -0.15) is 0 Å². The molecule has 5 fully saturated rings. The van der Waals surface area contributed by atoms with E-state index in [9.17, 15) is 14.4 Å². The standard InChI is InChI=1S/C46H52ClFN8O3/c1-30-4-10-42(43(57)50-30)56-44(58)36-8-5-33(24-37(36)45(56)59)52-16-12-32(13-17-52)28-51-20-22-53(23-21-51)34-7-11-41(39(48)26-34)54-18-14-46(15-19-54)27-31(2)55(29-46)35-6-9-40(49-3)38(47)25-35/h5-9,11,24-26,31-32,42H,1,4,10,12-23,27-29H2,2H3,(H,50,57)/t31-,42?/m0/s1. The van der Waals surface area contributed by atoms with Crippen LogP contribution in [0.5, 0.6) is 0 Å². The Morgan fingerprint density at radius 1 is 0.831 bits per heavy atom. The summed E-state index contributed by atoms with van der Waals surface area (Å²) in [6, 6.07) is 16.6. The van der Waals surface area contributed by atoms with Crippen LogP contribution in [0.3, 0.4) is 0 Å². The Morgan fingerprint density at radius 3 is 2.20 bits per heavy atom. The minimum atomic E-state index is -0.811. The van der Waals surface area contributed by atoms with Crippen molar-refractivity contribution in [2.75, 3.05) is 85.0 Å². The van der Waals surface area contributed by atoms with Gasteiger partial charge in [0.25, 0.3) is 11.8 Å². The van der Waals surface area contributed by atoms with Crippen LogP contribution < -0.4 is 24.9 Å². The highest BCUT2D eigenvalue weighted by molar-refractivity contribution is 6.33. The average molecular weight is 819 g/mol. The number of nitrogens with one attached hydrogen (secondary N) is 1. The molecule has 308 valence electrons. The molecule has 9 rings (SSSR count). The van der Waals surface area contributed by atoms with Crippen molar-refractivity contribution >= 4 is 57.8 Å². The lowest BCUT2D eigenvalue weighted by Gasteiger charge is -2.41. The average Bonchev–Trinajstić information content (AvgIpc) is 3.69. The van der Waals surface area contributed by atoms with Crippen LogP contribution in [-0.4, -0.2) is 105 Å². The molecule has 6 aliphatic rings. The summed E-state index contributed by atoms with van der Waals surface area (Å²) in [5.41, 5.74) is 5.66. The second-order valence-corrected chi connectivity index (χ2v) is 18.0. The summed E-state index contributed by atoms with van der Waals surface area (Å²) in [5, 5.41) is 3.19. The summed E-state index contributed by atoms with van der Waals surface area (Å²) in [7, 11) is 0. The number of amides is 3. The number of hydrogen-bond donors (Lipinski definition) is 1. The quantitative estimate of drug-likeness (QED) is 0.196. The van der Waals surface area contributed by atoms with E-state index >= 15 is 4.39 Å². The van der Waals surface area contributed by atoms with E-state index in [-0.39, 0.29) is 17.1 Å². The maximum atomic E-state index is 15.8. The van der Waals surface area contributed by atoms with Crippen molar-refractivity contribution in [3.8, 4) is 0 Å². The molecule has 1 spiro atoms. The van der Waals surface area contributed by atoms with Crippen molar-refractivity contribution in [2.24, 2.45) is 11.3 Å². The predicted molar refractivity (Wildman–Crippen MR) is 230 cm³/mol. The van der Waals surface area contributed by atoms with Gasteiger partial charge in [0.2, 0.25) is 11.6 Å². The smallest absolute Gasteiger partial charge is 0.262 e. The minimum Gasteiger partial charge on any atom is -0.371 e. The number of halogens is 2. The Morgan fingerprint density at radius 2 is 1.51 bits per heavy atom. The van der Waals surface area contributed by atoms with Crippen LogP contribution in [0.2, 0.25) is 5.02 Å². The number of piperazine rings is 1. The van der Waals surface area contributed by atoms with Crippen molar-refractivity contribution in [1.29, 1.82) is 0 Å². The van der Waals surface area contributed by atoms with E-state index in [0.29, 0.717) is 58.0 Å². The van der Waals surface area contributed by atoms with Crippen LogP contribution in [-0.2, 0) is 4.79 Å². The summed E-state index contributed by atoms with van der Waals surface area (Å²) in [5.74, 6) is -0.743. The topological polar surface area (TPSA) is 87.0 Å². The van der Waals surface area contributed by atoms with Gasteiger partial charge >= 0.3 is 0 Å². The maximum absolute atomic E-state index is 15.8. The fourth-order valence-electron chi connectivity index (χ4n) is 10.6. The first-order valence-corrected chi connectivity index (χ1v) is 21.6. The molecule has 3 aromatic rings. The number of piperidine rings is 3. The Balaban J connectivity index is 0.734. The van der Waals surface area contributed by atoms with Crippen LogP contribution in [0.15, 0.2) is 66.9 Å². The van der Waals surface area contributed by atoms with E-state index in [1.54, 1.807) is 12.1 Å². The summed E-state index contributed by atoms with van der Waals surface area (Å²) < 4.78 is 15.8. The zero-order valence-electron chi connectivity index (χ0n) is 33.8. The molecule has 0 aromatic heterocycles. The number of fused-ring (bicyclic) bond motifs is 1. The Kier molecular flexibility index (Phi) is 10.5. The van der Waals surface area contributed by atoms with E-state index in [1.807, 2.05) is 36.4 Å².